The number of ether oxygens (including phenoxy) is 1. The summed E-state index contributed by atoms with van der Waals surface area (Å²) in [5.41, 5.74) is 0.245. The summed E-state index contributed by atoms with van der Waals surface area (Å²) in [6.45, 7) is 0. The van der Waals surface area contributed by atoms with Crippen molar-refractivity contribution in [3.8, 4) is 5.75 Å². The second kappa shape index (κ2) is 7.35. The van der Waals surface area contributed by atoms with E-state index in [4.69, 9.17) is 4.74 Å². The van der Waals surface area contributed by atoms with Crippen LogP contribution in [-0.2, 0) is 11.2 Å². The van der Waals surface area contributed by atoms with Gasteiger partial charge in [0, 0.05) is 22.9 Å². The topological polar surface area (TPSA) is 71.2 Å². The Hall–Kier alpha value is -3.22. The van der Waals surface area contributed by atoms with Crippen molar-refractivity contribution in [3.05, 3.63) is 70.0 Å². The molecule has 2 aromatic carbocycles. The van der Waals surface area contributed by atoms with Gasteiger partial charge in [-0.05, 0) is 42.8 Å². The molecule has 0 spiro atoms. The van der Waals surface area contributed by atoms with Gasteiger partial charge in [0.2, 0.25) is 5.91 Å². The van der Waals surface area contributed by atoms with Crippen LogP contribution in [0.2, 0.25) is 0 Å². The maximum atomic E-state index is 13.6. The third-order valence-electron chi connectivity index (χ3n) is 3.98. The number of halogens is 2. The molecule has 0 aliphatic rings. The van der Waals surface area contributed by atoms with Gasteiger partial charge < -0.3 is 15.0 Å². The van der Waals surface area contributed by atoms with Crippen LogP contribution in [0.15, 0.2) is 47.3 Å². The zero-order valence-corrected chi connectivity index (χ0v) is 13.9. The van der Waals surface area contributed by atoms with Crippen LogP contribution in [-0.4, -0.2) is 18.0 Å². The number of amides is 1. The molecule has 0 unspecified atom stereocenters. The lowest BCUT2D eigenvalue weighted by Crippen LogP contribution is -2.18. The number of aromatic nitrogens is 1. The van der Waals surface area contributed by atoms with Gasteiger partial charge in [0.1, 0.15) is 23.1 Å². The number of hydrogen-bond donors (Lipinski definition) is 2. The van der Waals surface area contributed by atoms with E-state index >= 15 is 0 Å². The van der Waals surface area contributed by atoms with E-state index in [1.165, 1.54) is 6.07 Å². The molecule has 3 aromatic rings. The minimum atomic E-state index is -0.853. The highest BCUT2D eigenvalue weighted by atomic mass is 19.1. The van der Waals surface area contributed by atoms with E-state index in [0.29, 0.717) is 16.8 Å². The van der Waals surface area contributed by atoms with Crippen molar-refractivity contribution in [2.45, 2.75) is 12.8 Å². The van der Waals surface area contributed by atoms with Crippen molar-refractivity contribution in [2.75, 3.05) is 12.4 Å². The van der Waals surface area contributed by atoms with Crippen molar-refractivity contribution >= 4 is 22.5 Å². The number of aromatic amines is 1. The van der Waals surface area contributed by atoms with Gasteiger partial charge in [-0.25, -0.2) is 8.78 Å². The molecule has 0 radical (unpaired) electrons. The summed E-state index contributed by atoms with van der Waals surface area (Å²) in [7, 11) is 1.54. The molecule has 1 aromatic heterocycles. The first kappa shape index (κ1) is 17.6. The standard InChI is InChI=1S/C19H16F2N2O3/c1-26-13-6-7-16-12(10-13)9-11(19(25)22-16)5-8-17(24)23-18-14(20)3-2-4-15(18)21/h2-4,6-7,9-10H,5,8H2,1H3,(H,22,25)(H,23,24). The first-order valence-corrected chi connectivity index (χ1v) is 7.92. The highest BCUT2D eigenvalue weighted by Crippen LogP contribution is 2.20. The van der Waals surface area contributed by atoms with Crippen LogP contribution in [0.25, 0.3) is 10.9 Å². The Kier molecular flexibility index (Phi) is 4.97. The van der Waals surface area contributed by atoms with E-state index in [2.05, 4.69) is 10.3 Å². The third kappa shape index (κ3) is 3.72. The molecule has 0 saturated heterocycles. The van der Waals surface area contributed by atoms with E-state index in [9.17, 15) is 18.4 Å². The van der Waals surface area contributed by atoms with Crippen LogP contribution in [0.1, 0.15) is 12.0 Å². The fourth-order valence-electron chi connectivity index (χ4n) is 2.61. The maximum Gasteiger partial charge on any atom is 0.251 e. The largest absolute Gasteiger partial charge is 0.497 e. The van der Waals surface area contributed by atoms with E-state index in [-0.39, 0.29) is 18.4 Å². The van der Waals surface area contributed by atoms with Gasteiger partial charge in [0.05, 0.1) is 7.11 Å². The lowest BCUT2D eigenvalue weighted by molar-refractivity contribution is -0.116. The molecule has 0 saturated carbocycles. The van der Waals surface area contributed by atoms with E-state index < -0.39 is 23.2 Å². The number of para-hydroxylation sites is 1. The van der Waals surface area contributed by atoms with Crippen LogP contribution in [0.3, 0.4) is 0 Å². The Morgan fingerprint density at radius 1 is 1.15 bits per heavy atom. The number of carbonyl (C=O) groups excluding carboxylic acids is 1. The fourth-order valence-corrected chi connectivity index (χ4v) is 2.61. The number of rotatable bonds is 5. The number of anilines is 1. The third-order valence-corrected chi connectivity index (χ3v) is 3.98. The fraction of sp³-hybridized carbons (Fsp3) is 0.158. The minimum Gasteiger partial charge on any atom is -0.497 e. The molecule has 0 aliphatic heterocycles. The number of pyridine rings is 1. The molecule has 0 bridgehead atoms. The molecule has 0 aliphatic carbocycles. The Morgan fingerprint density at radius 2 is 1.88 bits per heavy atom. The van der Waals surface area contributed by atoms with Gasteiger partial charge >= 0.3 is 0 Å². The lowest BCUT2D eigenvalue weighted by atomic mass is 10.1. The summed E-state index contributed by atoms with van der Waals surface area (Å²) >= 11 is 0. The van der Waals surface area contributed by atoms with Gasteiger partial charge in [-0.1, -0.05) is 6.07 Å². The van der Waals surface area contributed by atoms with Crippen LogP contribution < -0.4 is 15.6 Å². The first-order chi connectivity index (χ1) is 12.5. The normalized spacial score (nSPS) is 10.7. The Bertz CT molecular complexity index is 1010. The summed E-state index contributed by atoms with van der Waals surface area (Å²) in [4.78, 5) is 26.9. The van der Waals surface area contributed by atoms with Gasteiger partial charge in [0.15, 0.2) is 0 Å². The highest BCUT2D eigenvalue weighted by molar-refractivity contribution is 5.91. The summed E-state index contributed by atoms with van der Waals surface area (Å²) in [6, 6.07) is 10.2. The molecular weight excluding hydrogens is 342 g/mol. The smallest absolute Gasteiger partial charge is 0.251 e. The Morgan fingerprint density at radius 3 is 2.58 bits per heavy atom. The predicted molar refractivity (Wildman–Crippen MR) is 94.4 cm³/mol. The number of fused-ring (bicyclic) bond motifs is 1. The number of nitrogens with one attached hydrogen (secondary N) is 2. The molecule has 0 fully saturated rings. The number of benzene rings is 2. The molecule has 2 N–H and O–H groups in total. The van der Waals surface area contributed by atoms with Gasteiger partial charge in [-0.3, -0.25) is 9.59 Å². The Labute approximate surface area is 147 Å². The van der Waals surface area contributed by atoms with E-state index in [1.807, 2.05) is 0 Å². The molecular formula is C19H16F2N2O3. The quantitative estimate of drug-likeness (QED) is 0.734. The Balaban J connectivity index is 1.75. The van der Waals surface area contributed by atoms with E-state index in [1.54, 1.807) is 31.4 Å². The highest BCUT2D eigenvalue weighted by Gasteiger charge is 2.13. The molecule has 5 nitrogen and oxygen atoms in total. The molecule has 3 rings (SSSR count). The lowest BCUT2D eigenvalue weighted by Gasteiger charge is -2.08. The number of hydrogen-bond acceptors (Lipinski definition) is 3. The predicted octanol–water partition coefficient (Wildman–Crippen LogP) is 3.39. The molecule has 1 amide bonds. The zero-order chi connectivity index (χ0) is 18.7. The van der Waals surface area contributed by atoms with Crippen molar-refractivity contribution < 1.29 is 18.3 Å². The molecule has 134 valence electrons. The molecule has 7 heteroatoms. The van der Waals surface area contributed by atoms with Crippen LogP contribution >= 0.6 is 0 Å². The van der Waals surface area contributed by atoms with Crippen LogP contribution in [0, 0.1) is 11.6 Å². The van der Waals surface area contributed by atoms with E-state index in [0.717, 1.165) is 17.5 Å². The molecule has 0 atom stereocenters. The number of methoxy groups -OCH3 is 1. The van der Waals surface area contributed by atoms with Crippen LogP contribution in [0.4, 0.5) is 14.5 Å². The van der Waals surface area contributed by atoms with Crippen molar-refractivity contribution in [2.24, 2.45) is 0 Å². The number of aryl methyl sites for hydroxylation is 1. The molecule has 26 heavy (non-hydrogen) atoms. The average molecular weight is 358 g/mol. The summed E-state index contributed by atoms with van der Waals surface area (Å²) in [6.07, 6.45) is 0.0384. The second-order valence-electron chi connectivity index (χ2n) is 5.72. The zero-order valence-electron chi connectivity index (χ0n) is 13.9. The second-order valence-corrected chi connectivity index (χ2v) is 5.72. The summed E-state index contributed by atoms with van der Waals surface area (Å²) < 4.78 is 32.3. The minimum absolute atomic E-state index is 0.0909. The molecule has 1 heterocycles. The SMILES string of the molecule is COc1ccc2[nH]c(=O)c(CCC(=O)Nc3c(F)cccc3F)cc2c1. The van der Waals surface area contributed by atoms with Crippen molar-refractivity contribution in [1.29, 1.82) is 0 Å². The maximum absolute atomic E-state index is 13.6. The number of H-pyrrole nitrogens is 1. The van der Waals surface area contributed by atoms with Crippen LogP contribution in [0.5, 0.6) is 5.75 Å². The van der Waals surface area contributed by atoms with Gasteiger partial charge in [-0.2, -0.15) is 0 Å². The first-order valence-electron chi connectivity index (χ1n) is 7.92. The van der Waals surface area contributed by atoms with Crippen molar-refractivity contribution in [3.63, 3.8) is 0 Å². The van der Waals surface area contributed by atoms with Crippen molar-refractivity contribution in [1.82, 2.24) is 4.98 Å². The van der Waals surface area contributed by atoms with Gasteiger partial charge in [0.25, 0.3) is 5.56 Å². The number of carbonyl (C=O) groups is 1. The summed E-state index contributed by atoms with van der Waals surface area (Å²) in [5, 5.41) is 2.97. The monoisotopic (exact) mass is 358 g/mol. The van der Waals surface area contributed by atoms with Gasteiger partial charge in [-0.15, -0.1) is 0 Å². The average Bonchev–Trinajstić information content (AvgIpc) is 2.62. The summed E-state index contributed by atoms with van der Waals surface area (Å²) in [5.74, 6) is -1.65.